The number of para-hydroxylation sites is 2. The Kier molecular flexibility index (Phi) is 8.71. The molecule has 0 aliphatic rings. The first-order chi connectivity index (χ1) is 29.8. The van der Waals surface area contributed by atoms with Crippen LogP contribution < -0.4 is 27.3 Å². The fourth-order valence-electron chi connectivity index (χ4n) is 8.98. The predicted molar refractivity (Wildman–Crippen MR) is 268 cm³/mol. The number of nitrogens with zero attached hydrogens (tertiary/aromatic N) is 3. The maximum atomic E-state index is 6.59. The molecule has 8 aromatic carbocycles. The van der Waals surface area contributed by atoms with Gasteiger partial charge in [0.1, 0.15) is 61.6 Å². The Morgan fingerprint density at radius 2 is 0.787 bits per heavy atom. The fraction of sp³-hybridized carbons (Fsp3) is 0. The highest BCUT2D eigenvalue weighted by molar-refractivity contribution is 6.68. The topological polar surface area (TPSA) is 65.0 Å². The van der Waals surface area contributed by atoms with Gasteiger partial charge in [0.2, 0.25) is 0 Å². The Bertz CT molecular complexity index is 3500. The number of aromatic nitrogens is 3. The van der Waals surface area contributed by atoms with Gasteiger partial charge in [-0.1, -0.05) is 132 Å². The number of rotatable bonds is 6. The lowest BCUT2D eigenvalue weighted by Crippen LogP contribution is -2.55. The van der Waals surface area contributed by atoms with E-state index in [4.69, 9.17) is 23.8 Å². The average molecular weight is 777 g/mol. The second-order valence-electron chi connectivity index (χ2n) is 16.1. The molecule has 11 rings (SSSR count). The van der Waals surface area contributed by atoms with Gasteiger partial charge in [-0.3, -0.25) is 0 Å². The van der Waals surface area contributed by atoms with Gasteiger partial charge in [-0.15, -0.1) is 16.4 Å². The summed E-state index contributed by atoms with van der Waals surface area (Å²) in [6.07, 6.45) is 0. The number of benzene rings is 8. The molecule has 0 bridgehead atoms. The third-order valence-corrected chi connectivity index (χ3v) is 12.8. The Morgan fingerprint density at radius 3 is 1.46 bits per heavy atom. The lowest BCUT2D eigenvalue weighted by Gasteiger charge is -2.20. The summed E-state index contributed by atoms with van der Waals surface area (Å²) in [5, 5.41) is 4.18. The third-order valence-electron chi connectivity index (χ3n) is 12.8. The molecular formula is C51H36B5N3O2. The van der Waals surface area contributed by atoms with Crippen LogP contribution >= 0.6 is 0 Å². The highest BCUT2D eigenvalue weighted by atomic mass is 16.3. The number of hydrogen-bond donors (Lipinski definition) is 0. The van der Waals surface area contributed by atoms with Crippen molar-refractivity contribution in [2.45, 2.75) is 0 Å². The molecule has 0 aliphatic heterocycles. The Labute approximate surface area is 358 Å². The predicted octanol–water partition coefficient (Wildman–Crippen LogP) is 4.96. The molecule has 0 fully saturated rings. The minimum Gasteiger partial charge on any atom is -0.456 e. The van der Waals surface area contributed by atoms with E-state index in [0.29, 0.717) is 17.5 Å². The van der Waals surface area contributed by atoms with Crippen LogP contribution in [0.15, 0.2) is 167 Å². The first-order valence-electron chi connectivity index (χ1n) is 20.8. The molecule has 11 aromatic rings. The zero-order valence-electron chi connectivity index (χ0n) is 34.7. The van der Waals surface area contributed by atoms with Crippen molar-refractivity contribution in [3.8, 4) is 67.5 Å². The van der Waals surface area contributed by atoms with Crippen LogP contribution in [0.2, 0.25) is 0 Å². The molecule has 3 heterocycles. The summed E-state index contributed by atoms with van der Waals surface area (Å²) in [4.78, 5) is 15.1. The van der Waals surface area contributed by atoms with E-state index in [1.165, 1.54) is 49.6 Å². The van der Waals surface area contributed by atoms with Gasteiger partial charge in [0.25, 0.3) is 0 Å². The first-order valence-corrected chi connectivity index (χ1v) is 20.8. The lowest BCUT2D eigenvalue weighted by molar-refractivity contribution is 0.668. The van der Waals surface area contributed by atoms with E-state index in [1.807, 2.05) is 66.7 Å². The van der Waals surface area contributed by atoms with Gasteiger partial charge >= 0.3 is 0 Å². The van der Waals surface area contributed by atoms with Crippen LogP contribution in [-0.4, -0.2) is 54.2 Å². The molecule has 282 valence electrons. The summed E-state index contributed by atoms with van der Waals surface area (Å²) in [6, 6.07) is 54.7. The molecule has 10 heteroatoms. The molecule has 3 aromatic heterocycles. The summed E-state index contributed by atoms with van der Waals surface area (Å²) in [6.45, 7) is 0. The van der Waals surface area contributed by atoms with Crippen LogP contribution in [0.1, 0.15) is 0 Å². The number of furan rings is 2. The molecule has 0 amide bonds. The van der Waals surface area contributed by atoms with Crippen LogP contribution in [0, 0.1) is 0 Å². The summed E-state index contributed by atoms with van der Waals surface area (Å²) >= 11 is 0. The van der Waals surface area contributed by atoms with Crippen LogP contribution in [-0.2, 0) is 0 Å². The van der Waals surface area contributed by atoms with E-state index in [2.05, 4.69) is 130 Å². The Morgan fingerprint density at radius 1 is 0.311 bits per heavy atom. The zero-order chi connectivity index (χ0) is 41.4. The van der Waals surface area contributed by atoms with Gasteiger partial charge in [-0.2, -0.15) is 0 Å². The molecule has 0 spiro atoms. The standard InChI is InChI=1S/C51H36B5N3O2/c52-43-42(44(53)46(55)47(56)45(43)54)30-19-17-28(18-20-30)27-13-15-29(16-14-27)32-21-23-35-36-24-22-33(26-41(36)60-40(35)25-32)50-57-49(31-7-2-1-3-8-31)58-51(59-50)38-11-6-10-37-34-9-4-5-12-39(34)61-48(37)38/h1-26H,52-56H2. The van der Waals surface area contributed by atoms with Crippen LogP contribution in [0.4, 0.5) is 0 Å². The second-order valence-corrected chi connectivity index (χ2v) is 16.1. The van der Waals surface area contributed by atoms with E-state index < -0.39 is 0 Å². The van der Waals surface area contributed by atoms with Gasteiger partial charge in [0, 0.05) is 32.7 Å². The highest BCUT2D eigenvalue weighted by Crippen LogP contribution is 2.38. The molecular weight excluding hydrogens is 741 g/mol. The summed E-state index contributed by atoms with van der Waals surface area (Å²) in [5.74, 6) is 1.69. The van der Waals surface area contributed by atoms with Gasteiger partial charge < -0.3 is 8.83 Å². The number of hydrogen-bond acceptors (Lipinski definition) is 5. The maximum absolute atomic E-state index is 6.59. The Balaban J connectivity index is 0.922. The highest BCUT2D eigenvalue weighted by Gasteiger charge is 2.19. The van der Waals surface area contributed by atoms with E-state index in [1.54, 1.807) is 0 Å². The first kappa shape index (κ1) is 36.8. The normalized spacial score (nSPS) is 11.6. The minimum absolute atomic E-state index is 0.545. The van der Waals surface area contributed by atoms with Gasteiger partial charge in [0.15, 0.2) is 17.5 Å². The smallest absolute Gasteiger partial charge is 0.167 e. The SMILES string of the molecule is Bc1c(B)c(B)c(-c2ccc(-c3ccc(-c4ccc5c(c4)oc4cc(-c6nc(-c7ccccc7)nc(-c7cccc8c7oc7ccccc78)n6)ccc45)cc3)cc2)c(B)c1B. The molecule has 5 nitrogen and oxygen atoms in total. The molecule has 0 radical (unpaired) electrons. The summed E-state index contributed by atoms with van der Waals surface area (Å²) in [7, 11) is 11.2. The van der Waals surface area contributed by atoms with Gasteiger partial charge in [0.05, 0.1) is 5.56 Å². The molecule has 61 heavy (non-hydrogen) atoms. The van der Waals surface area contributed by atoms with E-state index in [0.717, 1.165) is 71.7 Å². The molecule has 0 aliphatic carbocycles. The molecule has 0 unspecified atom stereocenters. The van der Waals surface area contributed by atoms with E-state index in [9.17, 15) is 0 Å². The fourth-order valence-corrected chi connectivity index (χ4v) is 8.98. The molecule has 0 N–H and O–H groups in total. The van der Waals surface area contributed by atoms with Gasteiger partial charge in [-0.05, 0) is 69.8 Å². The van der Waals surface area contributed by atoms with Crippen LogP contribution in [0.3, 0.4) is 0 Å². The number of fused-ring (bicyclic) bond motifs is 6. The molecule has 0 saturated carbocycles. The quantitative estimate of drug-likeness (QED) is 0.224. The molecule has 0 saturated heterocycles. The zero-order valence-corrected chi connectivity index (χ0v) is 34.7. The van der Waals surface area contributed by atoms with Crippen molar-refractivity contribution in [1.29, 1.82) is 0 Å². The van der Waals surface area contributed by atoms with E-state index in [-0.39, 0.29) is 0 Å². The van der Waals surface area contributed by atoms with Crippen LogP contribution in [0.25, 0.3) is 111 Å². The van der Waals surface area contributed by atoms with Crippen molar-refractivity contribution in [1.82, 2.24) is 15.0 Å². The maximum Gasteiger partial charge on any atom is 0.167 e. The lowest BCUT2D eigenvalue weighted by atomic mass is 9.59. The van der Waals surface area contributed by atoms with Crippen molar-refractivity contribution >= 4 is 110 Å². The average Bonchev–Trinajstić information content (AvgIpc) is 3.88. The van der Waals surface area contributed by atoms with E-state index >= 15 is 0 Å². The second kappa shape index (κ2) is 14.5. The van der Waals surface area contributed by atoms with Crippen molar-refractivity contribution in [3.63, 3.8) is 0 Å². The summed E-state index contributed by atoms with van der Waals surface area (Å²) in [5.41, 5.74) is 19.8. The van der Waals surface area contributed by atoms with Crippen molar-refractivity contribution in [2.75, 3.05) is 0 Å². The van der Waals surface area contributed by atoms with Crippen molar-refractivity contribution in [2.24, 2.45) is 0 Å². The van der Waals surface area contributed by atoms with Crippen molar-refractivity contribution in [3.05, 3.63) is 158 Å². The largest absolute Gasteiger partial charge is 0.456 e. The Hall–Kier alpha value is -7.31. The molecule has 0 atom stereocenters. The third kappa shape index (κ3) is 6.21. The minimum atomic E-state index is 0.545. The monoisotopic (exact) mass is 777 g/mol. The van der Waals surface area contributed by atoms with Crippen molar-refractivity contribution < 1.29 is 8.83 Å². The van der Waals surface area contributed by atoms with Gasteiger partial charge in [-0.25, -0.2) is 15.0 Å². The van der Waals surface area contributed by atoms with Crippen LogP contribution in [0.5, 0.6) is 0 Å². The summed E-state index contributed by atoms with van der Waals surface area (Å²) < 4.78 is 13.0.